The van der Waals surface area contributed by atoms with Crippen molar-refractivity contribution in [1.82, 2.24) is 21.3 Å². The van der Waals surface area contributed by atoms with E-state index in [4.69, 9.17) is 17.2 Å². The first-order valence-electron chi connectivity index (χ1n) is 15.8. The van der Waals surface area contributed by atoms with Crippen LogP contribution < -0.4 is 38.5 Å². The Labute approximate surface area is 271 Å². The van der Waals surface area contributed by atoms with Gasteiger partial charge in [0.2, 0.25) is 29.5 Å². The maximum absolute atomic E-state index is 13.8. The molecule has 10 N–H and O–H groups in total. The molecule has 0 aromatic heterocycles. The van der Waals surface area contributed by atoms with E-state index in [1.165, 1.54) is 6.08 Å². The lowest BCUT2D eigenvalue weighted by molar-refractivity contribution is -0.134. The fourth-order valence-corrected chi connectivity index (χ4v) is 4.86. The van der Waals surface area contributed by atoms with Crippen molar-refractivity contribution in [3.63, 3.8) is 0 Å². The predicted molar refractivity (Wildman–Crippen MR) is 178 cm³/mol. The number of carbonyl (C=O) groups excluding carboxylic acids is 5. The Morgan fingerprint density at radius 2 is 1.02 bits per heavy atom. The summed E-state index contributed by atoms with van der Waals surface area (Å²) < 4.78 is 0. The van der Waals surface area contributed by atoms with Crippen molar-refractivity contribution in [2.75, 3.05) is 13.1 Å². The molecule has 0 unspecified atom stereocenters. The first kappa shape index (κ1) is 37.6. The van der Waals surface area contributed by atoms with Gasteiger partial charge in [-0.15, -0.1) is 6.58 Å². The maximum atomic E-state index is 13.8. The molecule has 2 rings (SSSR count). The molecule has 0 heterocycles. The first-order valence-corrected chi connectivity index (χ1v) is 15.8. The largest absolute Gasteiger partial charge is 0.368 e. The molecule has 0 bridgehead atoms. The summed E-state index contributed by atoms with van der Waals surface area (Å²) in [6, 6.07) is 14.3. The first-order chi connectivity index (χ1) is 22.2. The van der Waals surface area contributed by atoms with E-state index in [2.05, 4.69) is 27.8 Å². The SMILES string of the molecule is C=CCC(=O)N[C@@H](Cc1ccccc1)C(=O)N[C@@H](CCCCN)C(=O)N[C@@H](Cc1ccccc1)C(=O)N[C@@H](CCCCN)C(N)=O. The summed E-state index contributed by atoms with van der Waals surface area (Å²) in [5.41, 5.74) is 18.4. The van der Waals surface area contributed by atoms with E-state index in [1.807, 2.05) is 60.7 Å². The van der Waals surface area contributed by atoms with Crippen molar-refractivity contribution < 1.29 is 24.0 Å². The second-order valence-electron chi connectivity index (χ2n) is 11.1. The van der Waals surface area contributed by atoms with Crippen LogP contribution in [0.2, 0.25) is 0 Å². The molecule has 0 saturated heterocycles. The number of carbonyl (C=O) groups is 5. The Balaban J connectivity index is 2.30. The van der Waals surface area contributed by atoms with Crippen LogP contribution in [-0.2, 0) is 36.8 Å². The Kier molecular flexibility index (Phi) is 17.4. The number of hydrogen-bond donors (Lipinski definition) is 7. The van der Waals surface area contributed by atoms with Gasteiger partial charge < -0.3 is 38.5 Å². The second-order valence-corrected chi connectivity index (χ2v) is 11.1. The van der Waals surface area contributed by atoms with Gasteiger partial charge in [-0.2, -0.15) is 0 Å². The van der Waals surface area contributed by atoms with Gasteiger partial charge in [0.15, 0.2) is 0 Å². The molecule has 0 spiro atoms. The molecule has 2 aromatic rings. The van der Waals surface area contributed by atoms with Crippen molar-refractivity contribution in [3.05, 3.63) is 84.4 Å². The molecule has 5 amide bonds. The summed E-state index contributed by atoms with van der Waals surface area (Å²) in [6.07, 6.45) is 4.73. The third-order valence-electron chi connectivity index (χ3n) is 7.37. The highest BCUT2D eigenvalue weighted by Crippen LogP contribution is 2.10. The van der Waals surface area contributed by atoms with Crippen molar-refractivity contribution in [2.24, 2.45) is 17.2 Å². The third-order valence-corrected chi connectivity index (χ3v) is 7.37. The molecule has 0 radical (unpaired) electrons. The minimum atomic E-state index is -1.08. The highest BCUT2D eigenvalue weighted by Gasteiger charge is 2.31. The van der Waals surface area contributed by atoms with Crippen molar-refractivity contribution in [1.29, 1.82) is 0 Å². The number of nitrogens with two attached hydrogens (primary N) is 3. The van der Waals surface area contributed by atoms with Crippen molar-refractivity contribution in [2.45, 2.75) is 82.0 Å². The van der Waals surface area contributed by atoms with Gasteiger partial charge >= 0.3 is 0 Å². The zero-order valence-corrected chi connectivity index (χ0v) is 26.4. The van der Waals surface area contributed by atoms with E-state index >= 15 is 0 Å². The molecule has 46 heavy (non-hydrogen) atoms. The molecule has 0 fully saturated rings. The topological polar surface area (TPSA) is 212 Å². The molecule has 12 nitrogen and oxygen atoms in total. The molecular weight excluding hydrogens is 586 g/mol. The Morgan fingerprint density at radius 3 is 1.48 bits per heavy atom. The van der Waals surface area contributed by atoms with Gasteiger partial charge in [-0.3, -0.25) is 24.0 Å². The number of benzene rings is 2. The number of hydrogen-bond acceptors (Lipinski definition) is 7. The summed E-state index contributed by atoms with van der Waals surface area (Å²) in [5.74, 6) is -2.79. The average Bonchev–Trinajstić information content (AvgIpc) is 3.04. The zero-order chi connectivity index (χ0) is 33.7. The van der Waals surface area contributed by atoms with E-state index in [1.54, 1.807) is 0 Å². The average molecular weight is 636 g/mol. The summed E-state index contributed by atoms with van der Waals surface area (Å²) >= 11 is 0. The van der Waals surface area contributed by atoms with E-state index in [0.717, 1.165) is 11.1 Å². The van der Waals surface area contributed by atoms with E-state index in [-0.39, 0.29) is 31.6 Å². The van der Waals surface area contributed by atoms with Crippen LogP contribution in [0, 0.1) is 0 Å². The van der Waals surface area contributed by atoms with Crippen LogP contribution in [0.4, 0.5) is 0 Å². The molecule has 0 aliphatic heterocycles. The second kappa shape index (κ2) is 21.2. The maximum Gasteiger partial charge on any atom is 0.243 e. The predicted octanol–water partition coefficient (Wildman–Crippen LogP) is 0.730. The Hall–Kier alpha value is -4.55. The van der Waals surface area contributed by atoms with Crippen LogP contribution in [0.25, 0.3) is 0 Å². The van der Waals surface area contributed by atoms with Crippen LogP contribution >= 0.6 is 0 Å². The fourth-order valence-electron chi connectivity index (χ4n) is 4.86. The number of nitrogens with one attached hydrogen (secondary N) is 4. The lowest BCUT2D eigenvalue weighted by Crippen LogP contribution is -2.58. The minimum Gasteiger partial charge on any atom is -0.368 e. The van der Waals surface area contributed by atoms with Gasteiger partial charge in [-0.1, -0.05) is 66.7 Å². The van der Waals surface area contributed by atoms with Crippen LogP contribution in [0.15, 0.2) is 73.3 Å². The fraction of sp³-hybridized carbons (Fsp3) is 0.441. The van der Waals surface area contributed by atoms with Gasteiger partial charge in [-0.25, -0.2) is 0 Å². The number of rotatable bonds is 22. The zero-order valence-electron chi connectivity index (χ0n) is 26.4. The molecule has 0 saturated carbocycles. The van der Waals surface area contributed by atoms with E-state index in [0.29, 0.717) is 45.2 Å². The molecule has 12 heteroatoms. The quantitative estimate of drug-likeness (QED) is 0.0727. The Morgan fingerprint density at radius 1 is 0.609 bits per heavy atom. The Bertz CT molecular complexity index is 1260. The van der Waals surface area contributed by atoms with Gasteiger partial charge in [0, 0.05) is 19.3 Å². The monoisotopic (exact) mass is 635 g/mol. The summed E-state index contributed by atoms with van der Waals surface area (Å²) in [6.45, 7) is 4.41. The van der Waals surface area contributed by atoms with Gasteiger partial charge in [0.25, 0.3) is 0 Å². The third kappa shape index (κ3) is 14.0. The standard InChI is InChI=1S/C34H49N7O5/c1-2-13-30(42)38-28(22-24-14-5-3-6-15-24)33(45)40-27(19-10-12-21-36)32(44)41-29(23-25-16-7-4-8-17-25)34(46)39-26(31(37)43)18-9-11-20-35/h2-8,14-17,26-29H,1,9-13,18-23,35-36H2,(H2,37,43)(H,38,42)(H,39,46)(H,40,45)(H,41,44)/t26-,27-,28-,29-/m0/s1. The lowest BCUT2D eigenvalue weighted by Gasteiger charge is -2.26. The van der Waals surface area contributed by atoms with Gasteiger partial charge in [0.1, 0.15) is 24.2 Å². The number of unbranched alkanes of at least 4 members (excludes halogenated alkanes) is 2. The highest BCUT2D eigenvalue weighted by molar-refractivity contribution is 5.95. The molecule has 0 aliphatic carbocycles. The highest BCUT2D eigenvalue weighted by atomic mass is 16.2. The van der Waals surface area contributed by atoms with Crippen molar-refractivity contribution >= 4 is 29.5 Å². The van der Waals surface area contributed by atoms with Crippen LogP contribution in [0.5, 0.6) is 0 Å². The molecule has 0 aliphatic rings. The molecular formula is C34H49N7O5. The van der Waals surface area contributed by atoms with Gasteiger partial charge in [-0.05, 0) is 62.7 Å². The van der Waals surface area contributed by atoms with Crippen LogP contribution in [0.3, 0.4) is 0 Å². The smallest absolute Gasteiger partial charge is 0.243 e. The lowest BCUT2D eigenvalue weighted by atomic mass is 10.0. The number of primary amides is 1. The van der Waals surface area contributed by atoms with Crippen molar-refractivity contribution in [3.8, 4) is 0 Å². The molecule has 2 aromatic carbocycles. The summed E-state index contributed by atoms with van der Waals surface area (Å²) in [7, 11) is 0. The summed E-state index contributed by atoms with van der Waals surface area (Å²) in [4.78, 5) is 65.4. The molecule has 4 atom stereocenters. The van der Waals surface area contributed by atoms with Crippen LogP contribution in [-0.4, -0.2) is 66.8 Å². The molecule has 250 valence electrons. The normalized spacial score (nSPS) is 13.3. The van der Waals surface area contributed by atoms with Crippen LogP contribution in [0.1, 0.15) is 56.1 Å². The summed E-state index contributed by atoms with van der Waals surface area (Å²) in [5, 5.41) is 11.0. The minimum absolute atomic E-state index is 0.0216. The number of amides is 5. The van der Waals surface area contributed by atoms with Gasteiger partial charge in [0.05, 0.1) is 0 Å². The van der Waals surface area contributed by atoms with E-state index < -0.39 is 47.8 Å². The van der Waals surface area contributed by atoms with E-state index in [9.17, 15) is 24.0 Å².